The minimum atomic E-state index is -5.31. The Morgan fingerprint density at radius 1 is 1.33 bits per heavy atom. The molecule has 70 valence electrons. The summed E-state index contributed by atoms with van der Waals surface area (Å²) in [4.78, 5) is 19.8. The van der Waals surface area contributed by atoms with E-state index in [1.807, 2.05) is 0 Å². The maximum atomic E-state index is 11.9. The van der Waals surface area contributed by atoms with Crippen molar-refractivity contribution >= 4 is 11.8 Å². The van der Waals surface area contributed by atoms with Gasteiger partial charge in [-0.15, -0.1) is 0 Å². The van der Waals surface area contributed by atoms with E-state index in [4.69, 9.17) is 5.11 Å². The summed E-state index contributed by atoms with van der Waals surface area (Å²) < 4.78 is 46.0. The van der Waals surface area contributed by atoms with Gasteiger partial charge >= 0.3 is 12.1 Å². The maximum Gasteiger partial charge on any atom is 0.426 e. The van der Waals surface area contributed by atoms with Gasteiger partial charge in [0.15, 0.2) is 5.78 Å². The molecule has 0 aliphatic rings. The van der Waals surface area contributed by atoms with Gasteiger partial charge in [0.2, 0.25) is 0 Å². The van der Waals surface area contributed by atoms with Crippen molar-refractivity contribution in [1.29, 1.82) is 0 Å². The summed E-state index contributed by atoms with van der Waals surface area (Å²) >= 11 is 0. The van der Waals surface area contributed by atoms with Gasteiger partial charge in [-0.3, -0.25) is 9.59 Å². The maximum absolute atomic E-state index is 11.9. The van der Waals surface area contributed by atoms with Crippen molar-refractivity contribution < 1.29 is 32.3 Å². The van der Waals surface area contributed by atoms with Gasteiger partial charge in [0.05, 0.1) is 0 Å². The molecule has 0 bridgehead atoms. The topological polar surface area (TPSA) is 54.4 Å². The lowest BCUT2D eigenvalue weighted by Crippen LogP contribution is -2.33. The number of alkyl halides is 4. The standard InChI is InChI=1S/C5H4F4O3/c6-4(5(7,8)9)2(10)1-3(11)12/h4H,1H2,(H,11,12). The van der Waals surface area contributed by atoms with Gasteiger partial charge in [0.25, 0.3) is 6.17 Å². The second-order valence-electron chi connectivity index (χ2n) is 1.94. The summed E-state index contributed by atoms with van der Waals surface area (Å²) in [5.74, 6) is -3.78. The molecule has 7 heteroatoms. The van der Waals surface area contributed by atoms with Crippen molar-refractivity contribution in [2.45, 2.75) is 18.8 Å². The number of halogens is 4. The fraction of sp³-hybridized carbons (Fsp3) is 0.600. The molecular formula is C5H4F4O3. The monoisotopic (exact) mass is 188 g/mol. The number of carbonyl (C=O) groups is 2. The summed E-state index contributed by atoms with van der Waals surface area (Å²) in [7, 11) is 0. The molecule has 0 spiro atoms. The van der Waals surface area contributed by atoms with Crippen LogP contribution in [0, 0.1) is 0 Å². The Morgan fingerprint density at radius 3 is 2.00 bits per heavy atom. The molecule has 0 heterocycles. The van der Waals surface area contributed by atoms with Crippen LogP contribution in [0.4, 0.5) is 17.6 Å². The molecule has 1 atom stereocenters. The number of carbonyl (C=O) groups excluding carboxylic acids is 1. The average Bonchev–Trinajstić information content (AvgIpc) is 1.82. The van der Waals surface area contributed by atoms with Gasteiger partial charge in [-0.25, -0.2) is 4.39 Å². The van der Waals surface area contributed by atoms with Crippen LogP contribution < -0.4 is 0 Å². The van der Waals surface area contributed by atoms with Gasteiger partial charge in [-0.2, -0.15) is 13.2 Å². The highest BCUT2D eigenvalue weighted by Gasteiger charge is 2.45. The largest absolute Gasteiger partial charge is 0.481 e. The van der Waals surface area contributed by atoms with E-state index in [0.717, 1.165) is 0 Å². The van der Waals surface area contributed by atoms with E-state index in [9.17, 15) is 27.2 Å². The van der Waals surface area contributed by atoms with Gasteiger partial charge in [0, 0.05) is 0 Å². The third-order valence-corrected chi connectivity index (χ3v) is 0.896. The van der Waals surface area contributed by atoms with Crippen LogP contribution in [0.5, 0.6) is 0 Å². The minimum Gasteiger partial charge on any atom is -0.481 e. The van der Waals surface area contributed by atoms with E-state index in [1.165, 1.54) is 0 Å². The van der Waals surface area contributed by atoms with E-state index in [2.05, 4.69) is 0 Å². The van der Waals surface area contributed by atoms with Crippen molar-refractivity contribution in [1.82, 2.24) is 0 Å². The molecular weight excluding hydrogens is 184 g/mol. The Morgan fingerprint density at radius 2 is 1.75 bits per heavy atom. The number of Topliss-reactive ketones (excluding diaryl/α,β-unsaturated/α-hetero) is 1. The zero-order valence-electron chi connectivity index (χ0n) is 5.56. The number of carboxylic acid groups (broad SMARTS) is 1. The molecule has 0 aromatic carbocycles. The van der Waals surface area contributed by atoms with Crippen molar-refractivity contribution in [3.05, 3.63) is 0 Å². The molecule has 12 heavy (non-hydrogen) atoms. The first-order valence-electron chi connectivity index (χ1n) is 2.70. The van der Waals surface area contributed by atoms with Crippen molar-refractivity contribution in [2.24, 2.45) is 0 Å². The lowest BCUT2D eigenvalue weighted by Gasteiger charge is -2.08. The molecule has 0 amide bonds. The summed E-state index contributed by atoms with van der Waals surface area (Å²) in [5.41, 5.74) is 0. The lowest BCUT2D eigenvalue weighted by molar-refractivity contribution is -0.186. The minimum absolute atomic E-state index is 1.46. The molecule has 1 N–H and O–H groups in total. The number of rotatable bonds is 3. The van der Waals surface area contributed by atoms with Crippen LogP contribution in [-0.4, -0.2) is 29.2 Å². The molecule has 0 rings (SSSR count). The van der Waals surface area contributed by atoms with Crippen molar-refractivity contribution in [3.8, 4) is 0 Å². The van der Waals surface area contributed by atoms with Crippen LogP contribution in [-0.2, 0) is 9.59 Å². The van der Waals surface area contributed by atoms with E-state index in [0.29, 0.717) is 0 Å². The summed E-state index contributed by atoms with van der Waals surface area (Å²) in [6.45, 7) is 0. The molecule has 0 aliphatic carbocycles. The first kappa shape index (κ1) is 10.9. The van der Waals surface area contributed by atoms with Crippen LogP contribution >= 0.6 is 0 Å². The Bertz CT molecular complexity index is 197. The highest BCUT2D eigenvalue weighted by atomic mass is 19.4. The van der Waals surface area contributed by atoms with Crippen LogP contribution in [0.1, 0.15) is 6.42 Å². The van der Waals surface area contributed by atoms with E-state index in [1.54, 1.807) is 0 Å². The predicted octanol–water partition coefficient (Wildman–Crippen LogP) is 0.931. The average molecular weight is 188 g/mol. The second-order valence-corrected chi connectivity index (χ2v) is 1.94. The number of aliphatic carboxylic acids is 1. The zero-order chi connectivity index (χ0) is 9.94. The normalized spacial score (nSPS) is 14.0. The number of hydrogen-bond acceptors (Lipinski definition) is 2. The Hall–Kier alpha value is -1.14. The van der Waals surface area contributed by atoms with E-state index >= 15 is 0 Å². The molecule has 0 fully saturated rings. The summed E-state index contributed by atoms with van der Waals surface area (Å²) in [6.07, 6.45) is -10.5. The molecule has 0 saturated heterocycles. The third-order valence-electron chi connectivity index (χ3n) is 0.896. The summed E-state index contributed by atoms with van der Waals surface area (Å²) in [6, 6.07) is 0. The quantitative estimate of drug-likeness (QED) is 0.529. The fourth-order valence-electron chi connectivity index (χ4n) is 0.421. The van der Waals surface area contributed by atoms with Crippen molar-refractivity contribution in [3.63, 3.8) is 0 Å². The number of ketones is 1. The van der Waals surface area contributed by atoms with Gasteiger partial charge in [0.1, 0.15) is 6.42 Å². The fourth-order valence-corrected chi connectivity index (χ4v) is 0.421. The Labute approximate surface area is 64.0 Å². The van der Waals surface area contributed by atoms with E-state index < -0.39 is 30.5 Å². The van der Waals surface area contributed by atoms with Gasteiger partial charge in [-0.1, -0.05) is 0 Å². The van der Waals surface area contributed by atoms with Crippen LogP contribution in [0.15, 0.2) is 0 Å². The predicted molar refractivity (Wildman–Crippen MR) is 28.2 cm³/mol. The zero-order valence-corrected chi connectivity index (χ0v) is 5.56. The first-order valence-corrected chi connectivity index (χ1v) is 2.70. The molecule has 0 aromatic rings. The van der Waals surface area contributed by atoms with Crippen LogP contribution in [0.2, 0.25) is 0 Å². The molecule has 0 radical (unpaired) electrons. The first-order chi connectivity index (χ1) is 5.25. The van der Waals surface area contributed by atoms with Gasteiger partial charge in [-0.05, 0) is 0 Å². The van der Waals surface area contributed by atoms with Gasteiger partial charge < -0.3 is 5.11 Å². The molecule has 0 aliphatic heterocycles. The highest BCUT2D eigenvalue weighted by Crippen LogP contribution is 2.24. The Kier molecular flexibility index (Phi) is 3.17. The highest BCUT2D eigenvalue weighted by molar-refractivity contribution is 5.97. The molecule has 3 nitrogen and oxygen atoms in total. The SMILES string of the molecule is O=C(O)CC(=O)C(F)C(F)(F)F. The molecule has 0 saturated carbocycles. The second kappa shape index (κ2) is 3.51. The number of carboxylic acids is 1. The van der Waals surface area contributed by atoms with Crippen LogP contribution in [0.25, 0.3) is 0 Å². The third kappa shape index (κ3) is 3.31. The Balaban J connectivity index is 4.21. The lowest BCUT2D eigenvalue weighted by atomic mass is 10.2. The van der Waals surface area contributed by atoms with Crippen molar-refractivity contribution in [2.75, 3.05) is 0 Å². The van der Waals surface area contributed by atoms with E-state index in [-0.39, 0.29) is 0 Å². The molecule has 0 aromatic heterocycles. The van der Waals surface area contributed by atoms with Crippen LogP contribution in [0.3, 0.4) is 0 Å². The smallest absolute Gasteiger partial charge is 0.426 e. The summed E-state index contributed by atoms with van der Waals surface area (Å²) in [5, 5.41) is 7.84. The number of hydrogen-bond donors (Lipinski definition) is 1. The molecule has 1 unspecified atom stereocenters.